The van der Waals surface area contributed by atoms with Gasteiger partial charge in [0.25, 0.3) is 0 Å². The number of nitrogens with two attached hydrogens (primary N) is 1. The summed E-state index contributed by atoms with van der Waals surface area (Å²) in [7, 11) is 4.26. The van der Waals surface area contributed by atoms with Crippen molar-refractivity contribution in [2.75, 3.05) is 59.9 Å². The van der Waals surface area contributed by atoms with Crippen LogP contribution in [0.15, 0.2) is 0 Å². The minimum Gasteiger partial charge on any atom is -0.441 e. The number of amides is 2. The van der Waals surface area contributed by atoms with Crippen LogP contribution in [0.3, 0.4) is 0 Å². The molecule has 10 heteroatoms. The number of likely N-dealkylation sites (tertiary alicyclic amines) is 2. The molecule has 1 aliphatic carbocycles. The predicted octanol–water partition coefficient (Wildman–Crippen LogP) is 0.771. The summed E-state index contributed by atoms with van der Waals surface area (Å²) in [6.45, 7) is 5.69. The predicted molar refractivity (Wildman–Crippen MR) is 116 cm³/mol. The van der Waals surface area contributed by atoms with Crippen molar-refractivity contribution in [2.45, 2.75) is 49.3 Å². The van der Waals surface area contributed by atoms with E-state index in [4.69, 9.17) is 10.5 Å². The van der Waals surface area contributed by atoms with Crippen molar-refractivity contribution in [2.24, 2.45) is 5.73 Å². The van der Waals surface area contributed by atoms with Gasteiger partial charge in [0, 0.05) is 51.6 Å². The second kappa shape index (κ2) is 9.14. The van der Waals surface area contributed by atoms with Crippen molar-refractivity contribution in [3.05, 3.63) is 0 Å². The van der Waals surface area contributed by atoms with Crippen LogP contribution in [0.1, 0.15) is 32.1 Å². The van der Waals surface area contributed by atoms with E-state index in [1.807, 2.05) is 9.80 Å². The number of likely N-dealkylation sites (N-methyl/N-ethyl adjacent to an activating group) is 1. The maximum atomic E-state index is 12.4. The number of halogens is 2. The van der Waals surface area contributed by atoms with Crippen molar-refractivity contribution in [3.63, 3.8) is 0 Å². The molecular formula is C19H35Cl2N5O3. The molecule has 4 fully saturated rings. The average Bonchev–Trinajstić information content (AvgIpc) is 3.09. The van der Waals surface area contributed by atoms with E-state index in [1.54, 1.807) is 0 Å². The molecule has 0 aromatic carbocycles. The number of rotatable bonds is 5. The minimum atomic E-state index is -0.608. The first-order valence-electron chi connectivity index (χ1n) is 10.3. The molecule has 29 heavy (non-hydrogen) atoms. The lowest BCUT2D eigenvalue weighted by molar-refractivity contribution is -0.137. The highest BCUT2D eigenvalue weighted by atomic mass is 35.5. The largest absolute Gasteiger partial charge is 0.441 e. The lowest BCUT2D eigenvalue weighted by Crippen LogP contribution is -2.53. The molecule has 1 unspecified atom stereocenters. The fourth-order valence-corrected chi connectivity index (χ4v) is 4.60. The first kappa shape index (κ1) is 24.5. The summed E-state index contributed by atoms with van der Waals surface area (Å²) < 4.78 is 5.80. The fourth-order valence-electron chi connectivity index (χ4n) is 4.60. The molecule has 1 atom stereocenters. The van der Waals surface area contributed by atoms with E-state index in [0.29, 0.717) is 38.5 Å². The van der Waals surface area contributed by atoms with Gasteiger partial charge in [-0.25, -0.2) is 4.79 Å². The van der Waals surface area contributed by atoms with Gasteiger partial charge in [0.1, 0.15) is 5.60 Å². The van der Waals surface area contributed by atoms with Gasteiger partial charge in [-0.3, -0.25) is 9.69 Å². The second-order valence-corrected chi connectivity index (χ2v) is 9.13. The molecule has 0 radical (unpaired) electrons. The molecule has 0 aromatic rings. The molecule has 1 spiro atoms. The van der Waals surface area contributed by atoms with E-state index < -0.39 is 11.1 Å². The van der Waals surface area contributed by atoms with E-state index in [2.05, 4.69) is 23.9 Å². The van der Waals surface area contributed by atoms with E-state index >= 15 is 0 Å². The highest BCUT2D eigenvalue weighted by Crippen LogP contribution is 2.38. The summed E-state index contributed by atoms with van der Waals surface area (Å²) in [4.78, 5) is 33.2. The standard InChI is InChI=1S/C19H33N5O3.2ClH/c1-21(2)15-3-8-22(13-15)11-12-24-14-18(27-17(24)26)6-9-23(10-7-18)16(25)19(20)4-5-19;;/h15H,3-14,20H2,1-2H3;2*1H. The second-order valence-electron chi connectivity index (χ2n) is 9.13. The third-order valence-electron chi connectivity index (χ3n) is 6.88. The zero-order chi connectivity index (χ0) is 19.2. The van der Waals surface area contributed by atoms with Gasteiger partial charge in [-0.1, -0.05) is 0 Å². The van der Waals surface area contributed by atoms with Gasteiger partial charge in [-0.2, -0.15) is 0 Å². The first-order chi connectivity index (χ1) is 12.8. The van der Waals surface area contributed by atoms with Crippen LogP contribution in [0.4, 0.5) is 4.79 Å². The minimum absolute atomic E-state index is 0. The Morgan fingerprint density at radius 2 is 1.79 bits per heavy atom. The van der Waals surface area contributed by atoms with Crippen molar-refractivity contribution < 1.29 is 14.3 Å². The molecule has 2 amide bonds. The van der Waals surface area contributed by atoms with Gasteiger partial charge in [-0.15, -0.1) is 24.8 Å². The van der Waals surface area contributed by atoms with Crippen molar-refractivity contribution in [3.8, 4) is 0 Å². The maximum Gasteiger partial charge on any atom is 0.410 e. The summed E-state index contributed by atoms with van der Waals surface area (Å²) in [6.07, 6.45) is 4.00. The van der Waals surface area contributed by atoms with Crippen LogP contribution in [0, 0.1) is 0 Å². The Labute approximate surface area is 185 Å². The normalized spacial score (nSPS) is 27.6. The SMILES string of the molecule is CN(C)C1CCN(CCN2CC3(CCN(C(=O)C4(N)CC4)CC3)OC2=O)C1.Cl.Cl. The lowest BCUT2D eigenvalue weighted by Gasteiger charge is -2.38. The van der Waals surface area contributed by atoms with Gasteiger partial charge in [0.15, 0.2) is 0 Å². The van der Waals surface area contributed by atoms with Crippen molar-refractivity contribution in [1.29, 1.82) is 0 Å². The number of nitrogens with zero attached hydrogens (tertiary/aromatic N) is 4. The third-order valence-corrected chi connectivity index (χ3v) is 6.88. The number of carbonyl (C=O) groups is 2. The smallest absolute Gasteiger partial charge is 0.410 e. The Kier molecular flexibility index (Phi) is 7.71. The number of piperidine rings is 1. The molecule has 168 valence electrons. The Morgan fingerprint density at radius 3 is 2.34 bits per heavy atom. The topological polar surface area (TPSA) is 82.3 Å². The van der Waals surface area contributed by atoms with E-state index in [1.165, 1.54) is 6.42 Å². The summed E-state index contributed by atoms with van der Waals surface area (Å²) in [5, 5.41) is 0. The molecule has 0 bridgehead atoms. The highest BCUT2D eigenvalue weighted by Gasteiger charge is 2.52. The molecular weight excluding hydrogens is 417 g/mol. The average molecular weight is 452 g/mol. The van der Waals surface area contributed by atoms with Gasteiger partial charge < -0.3 is 25.2 Å². The van der Waals surface area contributed by atoms with Crippen LogP contribution in [0.25, 0.3) is 0 Å². The quantitative estimate of drug-likeness (QED) is 0.664. The lowest BCUT2D eigenvalue weighted by atomic mass is 9.91. The van der Waals surface area contributed by atoms with Crippen molar-refractivity contribution >= 4 is 36.8 Å². The van der Waals surface area contributed by atoms with Gasteiger partial charge in [-0.05, 0) is 39.9 Å². The first-order valence-corrected chi connectivity index (χ1v) is 10.3. The summed E-state index contributed by atoms with van der Waals surface area (Å²) in [5.41, 5.74) is 5.02. The van der Waals surface area contributed by atoms with Gasteiger partial charge in [0.05, 0.1) is 12.1 Å². The molecule has 3 heterocycles. The molecule has 1 saturated carbocycles. The van der Waals surface area contributed by atoms with E-state index in [9.17, 15) is 9.59 Å². The fraction of sp³-hybridized carbons (Fsp3) is 0.895. The van der Waals surface area contributed by atoms with Crippen LogP contribution in [0.2, 0.25) is 0 Å². The Hall–Kier alpha value is -0.800. The van der Waals surface area contributed by atoms with Crippen LogP contribution in [-0.4, -0.2) is 109 Å². The van der Waals surface area contributed by atoms with Crippen LogP contribution in [-0.2, 0) is 9.53 Å². The molecule has 4 rings (SSSR count). The summed E-state index contributed by atoms with van der Waals surface area (Å²) in [6, 6.07) is 0.612. The Bertz CT molecular complexity index is 609. The Morgan fingerprint density at radius 1 is 1.14 bits per heavy atom. The van der Waals surface area contributed by atoms with Crippen LogP contribution in [0.5, 0.6) is 0 Å². The molecule has 0 aromatic heterocycles. The number of ether oxygens (including phenoxy) is 1. The Balaban J connectivity index is 0.00000150. The van der Waals surface area contributed by atoms with Gasteiger partial charge in [0.2, 0.25) is 5.91 Å². The summed E-state index contributed by atoms with van der Waals surface area (Å²) in [5.74, 6) is 0.0722. The number of hydrogen-bond acceptors (Lipinski definition) is 6. The van der Waals surface area contributed by atoms with E-state index in [-0.39, 0.29) is 36.8 Å². The van der Waals surface area contributed by atoms with E-state index in [0.717, 1.165) is 39.0 Å². The monoisotopic (exact) mass is 451 g/mol. The number of carbonyl (C=O) groups excluding carboxylic acids is 2. The van der Waals surface area contributed by atoms with Crippen molar-refractivity contribution in [1.82, 2.24) is 19.6 Å². The summed E-state index contributed by atoms with van der Waals surface area (Å²) >= 11 is 0. The van der Waals surface area contributed by atoms with Gasteiger partial charge >= 0.3 is 6.09 Å². The highest BCUT2D eigenvalue weighted by molar-refractivity contribution is 5.89. The maximum absolute atomic E-state index is 12.4. The molecule has 3 saturated heterocycles. The molecule has 2 N–H and O–H groups in total. The molecule has 4 aliphatic rings. The molecule has 3 aliphatic heterocycles. The zero-order valence-electron chi connectivity index (χ0n) is 17.5. The van der Waals surface area contributed by atoms with Crippen LogP contribution < -0.4 is 5.73 Å². The molecule has 8 nitrogen and oxygen atoms in total. The number of hydrogen-bond donors (Lipinski definition) is 1. The van der Waals surface area contributed by atoms with Crippen LogP contribution >= 0.6 is 24.8 Å². The zero-order valence-corrected chi connectivity index (χ0v) is 19.1. The third kappa shape index (κ3) is 5.10.